The van der Waals surface area contributed by atoms with Gasteiger partial charge in [-0.15, -0.1) is 10.2 Å². The van der Waals surface area contributed by atoms with Gasteiger partial charge >= 0.3 is 0 Å². The first kappa shape index (κ1) is 24.2. The van der Waals surface area contributed by atoms with E-state index in [1.165, 1.54) is 16.8 Å². The van der Waals surface area contributed by atoms with Gasteiger partial charge in [-0.25, -0.2) is 4.98 Å². The molecule has 7 rings (SSSR count). The summed E-state index contributed by atoms with van der Waals surface area (Å²) >= 11 is 0. The Balaban J connectivity index is 1.27. The number of ether oxygens (including phenoxy) is 1. The van der Waals surface area contributed by atoms with Crippen molar-refractivity contribution in [2.45, 2.75) is 51.1 Å². The first-order valence-corrected chi connectivity index (χ1v) is 13.7. The van der Waals surface area contributed by atoms with Crippen LogP contribution in [0.2, 0.25) is 0 Å². The molecule has 6 heterocycles. The average molecular weight is 525 g/mol. The van der Waals surface area contributed by atoms with Crippen molar-refractivity contribution >= 4 is 23.1 Å². The molecule has 4 aromatic rings. The molecular weight excluding hydrogens is 492 g/mol. The van der Waals surface area contributed by atoms with Gasteiger partial charge < -0.3 is 20.3 Å². The monoisotopic (exact) mass is 524 g/mol. The Hall–Kier alpha value is -3.89. The van der Waals surface area contributed by atoms with Crippen molar-refractivity contribution in [1.82, 2.24) is 34.8 Å². The highest BCUT2D eigenvalue weighted by Gasteiger charge is 2.30. The van der Waals surface area contributed by atoms with Gasteiger partial charge in [0.2, 0.25) is 0 Å². The molecule has 10 nitrogen and oxygen atoms in total. The topological polar surface area (TPSA) is 110 Å². The van der Waals surface area contributed by atoms with Gasteiger partial charge in [0.15, 0.2) is 11.5 Å². The smallest absolute Gasteiger partial charge is 0.254 e. The molecule has 1 fully saturated rings. The van der Waals surface area contributed by atoms with Gasteiger partial charge in [-0.2, -0.15) is 0 Å². The number of carbonyl (C=O) groups excluding carboxylic acids is 1. The van der Waals surface area contributed by atoms with E-state index in [1.807, 2.05) is 12.1 Å². The van der Waals surface area contributed by atoms with Crippen LogP contribution in [-0.4, -0.2) is 62.7 Å². The fourth-order valence-electron chi connectivity index (χ4n) is 6.24. The number of aromatic nitrogens is 5. The molecule has 0 saturated carbocycles. The molecule has 10 heteroatoms. The van der Waals surface area contributed by atoms with Gasteiger partial charge in [0.1, 0.15) is 11.5 Å². The second-order valence-electron chi connectivity index (χ2n) is 10.9. The molecular formula is C29H32N8O2. The van der Waals surface area contributed by atoms with Crippen molar-refractivity contribution in [3.05, 3.63) is 64.1 Å². The molecule has 0 unspecified atom stereocenters. The fraction of sp³-hybridized carbons (Fsp3) is 0.414. The molecule has 0 bridgehead atoms. The number of hydrogen-bond acceptors (Lipinski definition) is 8. The van der Waals surface area contributed by atoms with Crippen LogP contribution in [-0.2, 0) is 30.7 Å². The minimum atomic E-state index is -0.123. The van der Waals surface area contributed by atoms with Crippen LogP contribution in [0, 0.1) is 0 Å². The Bertz CT molecular complexity index is 1590. The zero-order valence-corrected chi connectivity index (χ0v) is 22.3. The summed E-state index contributed by atoms with van der Waals surface area (Å²) in [5.74, 6) is 1.72. The number of aryl methyl sites for hydroxylation is 2. The van der Waals surface area contributed by atoms with Crippen molar-refractivity contribution in [2.24, 2.45) is 0 Å². The Labute approximate surface area is 226 Å². The van der Waals surface area contributed by atoms with Gasteiger partial charge in [-0.05, 0) is 75.4 Å². The maximum atomic E-state index is 13.1. The SMILES string of the molecule is CN(C)Cc1nc(Nc2cnc(-c3nnc4ccc5c(n34)CCC5)c3c2C(=O)NC3)ccc1C1CCOCC1. The highest BCUT2D eigenvalue weighted by Crippen LogP contribution is 2.35. The van der Waals surface area contributed by atoms with Gasteiger partial charge in [-0.1, -0.05) is 12.1 Å². The van der Waals surface area contributed by atoms with Crippen molar-refractivity contribution in [2.75, 3.05) is 32.6 Å². The lowest BCUT2D eigenvalue weighted by Crippen LogP contribution is -2.20. The lowest BCUT2D eigenvalue weighted by atomic mass is 9.90. The van der Waals surface area contributed by atoms with Crippen molar-refractivity contribution in [3.8, 4) is 11.5 Å². The third-order valence-corrected chi connectivity index (χ3v) is 8.07. The Morgan fingerprint density at radius 1 is 1.13 bits per heavy atom. The second kappa shape index (κ2) is 9.69. The van der Waals surface area contributed by atoms with Gasteiger partial charge in [-0.3, -0.25) is 14.2 Å². The zero-order valence-electron chi connectivity index (χ0n) is 22.3. The molecule has 1 aliphatic carbocycles. The number of hydrogen-bond donors (Lipinski definition) is 2. The van der Waals surface area contributed by atoms with Crippen LogP contribution in [0.1, 0.15) is 63.6 Å². The minimum absolute atomic E-state index is 0.123. The number of carbonyl (C=O) groups is 1. The second-order valence-corrected chi connectivity index (χ2v) is 10.9. The molecule has 2 N–H and O–H groups in total. The van der Waals surface area contributed by atoms with Crippen LogP contribution in [0.5, 0.6) is 0 Å². The molecule has 1 amide bonds. The highest BCUT2D eigenvalue weighted by atomic mass is 16.5. The number of pyridine rings is 3. The van der Waals surface area contributed by atoms with E-state index in [1.54, 1.807) is 6.20 Å². The summed E-state index contributed by atoms with van der Waals surface area (Å²) in [4.78, 5) is 25.0. The van der Waals surface area contributed by atoms with Gasteiger partial charge in [0, 0.05) is 37.6 Å². The summed E-state index contributed by atoms with van der Waals surface area (Å²) in [5, 5.41) is 15.3. The van der Waals surface area contributed by atoms with Gasteiger partial charge in [0.05, 0.1) is 23.1 Å². The van der Waals surface area contributed by atoms with Crippen LogP contribution >= 0.6 is 0 Å². The zero-order chi connectivity index (χ0) is 26.5. The molecule has 0 spiro atoms. The maximum Gasteiger partial charge on any atom is 0.254 e. The molecule has 4 aromatic heterocycles. The number of rotatable bonds is 6. The number of fused-ring (bicyclic) bond motifs is 4. The van der Waals surface area contributed by atoms with Crippen LogP contribution in [0.25, 0.3) is 17.2 Å². The average Bonchev–Trinajstić information content (AvgIpc) is 3.68. The minimum Gasteiger partial charge on any atom is -0.381 e. The molecule has 0 radical (unpaired) electrons. The number of nitrogens with one attached hydrogen (secondary N) is 2. The first-order valence-electron chi connectivity index (χ1n) is 13.7. The van der Waals surface area contributed by atoms with E-state index in [-0.39, 0.29) is 5.91 Å². The van der Waals surface area contributed by atoms with Crippen molar-refractivity contribution in [1.29, 1.82) is 0 Å². The van der Waals surface area contributed by atoms with Crippen LogP contribution in [0.3, 0.4) is 0 Å². The Morgan fingerprint density at radius 2 is 2.00 bits per heavy atom. The lowest BCUT2D eigenvalue weighted by molar-refractivity contribution is 0.0849. The van der Waals surface area contributed by atoms with E-state index in [0.717, 1.165) is 68.8 Å². The standard InChI is InChI=1S/C29H32N8O2/c1-36(2)16-22-19(17-10-12-39-13-11-17)7-8-24(33-22)32-21-15-30-27(20-14-31-29(38)26(20)21)28-35-34-25-9-6-18-4-3-5-23(18)37(25)28/h6-9,15,17H,3-5,10-14,16H2,1-2H3,(H,31,38)(H,32,33). The summed E-state index contributed by atoms with van der Waals surface area (Å²) < 4.78 is 7.70. The molecule has 39 heavy (non-hydrogen) atoms. The highest BCUT2D eigenvalue weighted by molar-refractivity contribution is 6.05. The lowest BCUT2D eigenvalue weighted by Gasteiger charge is -2.25. The molecule has 0 atom stereocenters. The summed E-state index contributed by atoms with van der Waals surface area (Å²) in [5.41, 5.74) is 8.47. The molecule has 200 valence electrons. The molecule has 2 aliphatic heterocycles. The first-order chi connectivity index (χ1) is 19.1. The van der Waals surface area contributed by atoms with Crippen molar-refractivity contribution < 1.29 is 9.53 Å². The van der Waals surface area contributed by atoms with E-state index in [2.05, 4.69) is 56.4 Å². The normalized spacial score (nSPS) is 17.1. The molecule has 0 aromatic carbocycles. The summed E-state index contributed by atoms with van der Waals surface area (Å²) in [7, 11) is 4.11. The number of nitrogens with zero attached hydrogens (tertiary/aromatic N) is 6. The largest absolute Gasteiger partial charge is 0.381 e. The summed E-state index contributed by atoms with van der Waals surface area (Å²) in [6.45, 7) is 2.71. The van der Waals surface area contributed by atoms with Crippen molar-refractivity contribution in [3.63, 3.8) is 0 Å². The molecule has 3 aliphatic rings. The van der Waals surface area contributed by atoms with E-state index in [4.69, 9.17) is 14.7 Å². The van der Waals surface area contributed by atoms with E-state index >= 15 is 0 Å². The van der Waals surface area contributed by atoms with E-state index < -0.39 is 0 Å². The predicted octanol–water partition coefficient (Wildman–Crippen LogP) is 3.62. The quantitative estimate of drug-likeness (QED) is 0.394. The third-order valence-electron chi connectivity index (χ3n) is 8.07. The van der Waals surface area contributed by atoms with Crippen LogP contribution in [0.4, 0.5) is 11.5 Å². The molecule has 1 saturated heterocycles. The van der Waals surface area contributed by atoms with Crippen LogP contribution in [0.15, 0.2) is 30.5 Å². The van der Waals surface area contributed by atoms with E-state index in [0.29, 0.717) is 41.0 Å². The Kier molecular flexibility index (Phi) is 6.01. The summed E-state index contributed by atoms with van der Waals surface area (Å²) in [6, 6.07) is 8.35. The summed E-state index contributed by atoms with van der Waals surface area (Å²) in [6.07, 6.45) is 6.91. The van der Waals surface area contributed by atoms with E-state index in [9.17, 15) is 4.79 Å². The third kappa shape index (κ3) is 4.24. The maximum absolute atomic E-state index is 13.1. The van der Waals surface area contributed by atoms with Gasteiger partial charge in [0.25, 0.3) is 5.91 Å². The predicted molar refractivity (Wildman–Crippen MR) is 147 cm³/mol. The number of amides is 1. The number of anilines is 2. The Morgan fingerprint density at radius 3 is 2.85 bits per heavy atom. The fourth-order valence-corrected chi connectivity index (χ4v) is 6.24. The van der Waals surface area contributed by atoms with Crippen LogP contribution < -0.4 is 10.6 Å².